The van der Waals surface area contributed by atoms with Crippen LogP contribution in [0.4, 0.5) is 4.79 Å². The van der Waals surface area contributed by atoms with E-state index >= 15 is 0 Å². The molecule has 0 aliphatic carbocycles. The van der Waals surface area contributed by atoms with Crippen molar-refractivity contribution < 1.29 is 19.0 Å². The third-order valence-electron chi connectivity index (χ3n) is 5.22. The number of nitrogens with zero attached hydrogens (tertiary/aromatic N) is 1. The molecular formula is C22H26N2O4. The lowest BCUT2D eigenvalue weighted by Crippen LogP contribution is -2.39. The van der Waals surface area contributed by atoms with Gasteiger partial charge in [0.25, 0.3) is 0 Å². The van der Waals surface area contributed by atoms with Crippen molar-refractivity contribution in [3.8, 4) is 11.5 Å². The molecule has 0 saturated carbocycles. The van der Waals surface area contributed by atoms with Crippen LogP contribution in [0.25, 0.3) is 0 Å². The lowest BCUT2D eigenvalue weighted by atomic mass is 10.0. The van der Waals surface area contributed by atoms with Gasteiger partial charge < -0.3 is 24.4 Å². The van der Waals surface area contributed by atoms with Crippen LogP contribution < -0.4 is 14.8 Å². The van der Waals surface area contributed by atoms with E-state index in [1.165, 1.54) is 0 Å². The summed E-state index contributed by atoms with van der Waals surface area (Å²) in [6, 6.07) is 14.0. The topological polar surface area (TPSA) is 60.0 Å². The van der Waals surface area contributed by atoms with E-state index in [9.17, 15) is 4.79 Å². The number of urea groups is 1. The highest BCUT2D eigenvalue weighted by Gasteiger charge is 2.33. The summed E-state index contributed by atoms with van der Waals surface area (Å²) in [6.07, 6.45) is 1.91. The zero-order valence-corrected chi connectivity index (χ0v) is 16.1. The average molecular weight is 382 g/mol. The van der Waals surface area contributed by atoms with Crippen molar-refractivity contribution in [1.29, 1.82) is 0 Å². The minimum Gasteiger partial charge on any atom is -0.486 e. The van der Waals surface area contributed by atoms with Gasteiger partial charge in [-0.2, -0.15) is 0 Å². The first-order valence-corrected chi connectivity index (χ1v) is 9.76. The van der Waals surface area contributed by atoms with Crippen LogP contribution in [0.2, 0.25) is 0 Å². The van der Waals surface area contributed by atoms with Crippen LogP contribution >= 0.6 is 0 Å². The van der Waals surface area contributed by atoms with Gasteiger partial charge in [0, 0.05) is 25.8 Å². The lowest BCUT2D eigenvalue weighted by Gasteiger charge is -2.29. The van der Waals surface area contributed by atoms with Gasteiger partial charge in [0.2, 0.25) is 0 Å². The molecule has 6 nitrogen and oxygen atoms in total. The molecule has 2 amide bonds. The Morgan fingerprint density at radius 3 is 2.89 bits per heavy atom. The Kier molecular flexibility index (Phi) is 5.67. The molecule has 2 aliphatic rings. The molecule has 0 radical (unpaired) electrons. The van der Waals surface area contributed by atoms with Crippen LogP contribution in [0.5, 0.6) is 11.5 Å². The first-order chi connectivity index (χ1) is 13.8. The minimum absolute atomic E-state index is 0.0106. The maximum absolute atomic E-state index is 12.9. The molecule has 2 heterocycles. The number of fused-ring (bicyclic) bond motifs is 1. The number of hydrogen-bond donors (Lipinski definition) is 1. The van der Waals surface area contributed by atoms with Crippen LogP contribution in [0.1, 0.15) is 35.6 Å². The molecule has 1 fully saturated rings. The number of carbonyl (C=O) groups is 1. The zero-order chi connectivity index (χ0) is 19.3. The van der Waals surface area contributed by atoms with Gasteiger partial charge in [-0.15, -0.1) is 0 Å². The molecule has 1 unspecified atom stereocenters. The van der Waals surface area contributed by atoms with Crippen molar-refractivity contribution in [1.82, 2.24) is 10.2 Å². The number of hydrogen-bond acceptors (Lipinski definition) is 4. The summed E-state index contributed by atoms with van der Waals surface area (Å²) in [4.78, 5) is 14.8. The molecule has 2 aromatic rings. The molecule has 6 heteroatoms. The van der Waals surface area contributed by atoms with Crippen LogP contribution in [-0.4, -0.2) is 37.8 Å². The first kappa shape index (κ1) is 18.6. The van der Waals surface area contributed by atoms with Crippen LogP contribution in [-0.2, 0) is 17.9 Å². The smallest absolute Gasteiger partial charge is 0.318 e. The van der Waals surface area contributed by atoms with Gasteiger partial charge in [-0.05, 0) is 30.0 Å². The number of carbonyl (C=O) groups excluding carboxylic acids is 1. The summed E-state index contributed by atoms with van der Waals surface area (Å²) in [5.74, 6) is 1.55. The van der Waals surface area contributed by atoms with Crippen molar-refractivity contribution in [2.75, 3.05) is 26.9 Å². The fourth-order valence-corrected chi connectivity index (χ4v) is 3.97. The quantitative estimate of drug-likeness (QED) is 0.858. The molecule has 1 atom stereocenters. The second-order valence-electron chi connectivity index (χ2n) is 7.13. The third-order valence-corrected chi connectivity index (χ3v) is 5.22. The summed E-state index contributed by atoms with van der Waals surface area (Å²) >= 11 is 0. The summed E-state index contributed by atoms with van der Waals surface area (Å²) in [5.41, 5.74) is 3.20. The maximum Gasteiger partial charge on any atom is 0.318 e. The number of rotatable bonds is 5. The van der Waals surface area contributed by atoms with E-state index in [-0.39, 0.29) is 12.1 Å². The van der Waals surface area contributed by atoms with Crippen LogP contribution in [0.15, 0.2) is 42.5 Å². The fourth-order valence-electron chi connectivity index (χ4n) is 3.97. The zero-order valence-electron chi connectivity index (χ0n) is 16.1. The molecule has 1 saturated heterocycles. The molecule has 0 aromatic heterocycles. The molecular weight excluding hydrogens is 356 g/mol. The van der Waals surface area contributed by atoms with Crippen molar-refractivity contribution in [3.05, 3.63) is 59.2 Å². The number of likely N-dealkylation sites (tertiary alicyclic amines) is 1. The number of ether oxygens (including phenoxy) is 3. The molecule has 1 N–H and O–H groups in total. The highest BCUT2D eigenvalue weighted by Crippen LogP contribution is 2.42. The van der Waals surface area contributed by atoms with Crippen molar-refractivity contribution in [2.45, 2.75) is 32.0 Å². The summed E-state index contributed by atoms with van der Waals surface area (Å²) in [5, 5.41) is 3.06. The monoisotopic (exact) mass is 382 g/mol. The Hall–Kier alpha value is -2.73. The predicted octanol–water partition coefficient (Wildman–Crippen LogP) is 3.65. The van der Waals surface area contributed by atoms with E-state index in [0.29, 0.717) is 26.4 Å². The molecule has 2 aliphatic heterocycles. The number of methoxy groups -OCH3 is 1. The van der Waals surface area contributed by atoms with E-state index in [0.717, 1.165) is 47.6 Å². The first-order valence-electron chi connectivity index (χ1n) is 9.76. The highest BCUT2D eigenvalue weighted by molar-refractivity contribution is 5.75. The summed E-state index contributed by atoms with van der Waals surface area (Å²) in [6.45, 7) is 2.90. The van der Waals surface area contributed by atoms with Gasteiger partial charge in [0.1, 0.15) is 13.2 Å². The maximum atomic E-state index is 12.9. The number of benzene rings is 2. The van der Waals surface area contributed by atoms with E-state index in [4.69, 9.17) is 14.2 Å². The standard InChI is InChI=1S/C22H26N2O4/c1-26-15-17-6-2-5-16(13-17)14-23-22(25)24-10-4-8-19(24)18-7-3-9-20-21(18)28-12-11-27-20/h2-3,5-7,9,13,19H,4,8,10-12,14-15H2,1H3,(H,23,25). The molecule has 2 aromatic carbocycles. The molecule has 0 bridgehead atoms. The van der Waals surface area contributed by atoms with E-state index in [1.807, 2.05) is 41.3 Å². The van der Waals surface area contributed by atoms with Gasteiger partial charge >= 0.3 is 6.03 Å². The van der Waals surface area contributed by atoms with Gasteiger partial charge in [-0.1, -0.05) is 36.4 Å². The Balaban J connectivity index is 1.45. The minimum atomic E-state index is -0.0472. The van der Waals surface area contributed by atoms with Gasteiger partial charge in [-0.25, -0.2) is 4.79 Å². The van der Waals surface area contributed by atoms with Crippen molar-refractivity contribution in [2.24, 2.45) is 0 Å². The SMILES string of the molecule is COCc1cccc(CNC(=O)N2CCCC2c2cccc3c2OCCO3)c1. The number of para-hydroxylation sites is 1. The van der Waals surface area contributed by atoms with Crippen molar-refractivity contribution >= 4 is 6.03 Å². The fraction of sp³-hybridized carbons (Fsp3) is 0.409. The largest absolute Gasteiger partial charge is 0.486 e. The van der Waals surface area contributed by atoms with E-state index in [1.54, 1.807) is 7.11 Å². The Bertz CT molecular complexity index is 839. The Morgan fingerprint density at radius 1 is 1.18 bits per heavy atom. The van der Waals surface area contributed by atoms with Gasteiger partial charge in [-0.3, -0.25) is 0 Å². The van der Waals surface area contributed by atoms with Crippen LogP contribution in [0, 0.1) is 0 Å². The second kappa shape index (κ2) is 8.52. The Morgan fingerprint density at radius 2 is 2.00 bits per heavy atom. The lowest BCUT2D eigenvalue weighted by molar-refractivity contribution is 0.163. The van der Waals surface area contributed by atoms with Gasteiger partial charge in [0.05, 0.1) is 12.6 Å². The van der Waals surface area contributed by atoms with E-state index in [2.05, 4.69) is 11.4 Å². The highest BCUT2D eigenvalue weighted by atomic mass is 16.6. The number of nitrogens with one attached hydrogen (secondary N) is 1. The van der Waals surface area contributed by atoms with Crippen molar-refractivity contribution in [3.63, 3.8) is 0 Å². The second-order valence-corrected chi connectivity index (χ2v) is 7.13. The average Bonchev–Trinajstić information content (AvgIpc) is 3.22. The van der Waals surface area contributed by atoms with Crippen LogP contribution in [0.3, 0.4) is 0 Å². The predicted molar refractivity (Wildman–Crippen MR) is 106 cm³/mol. The third kappa shape index (κ3) is 3.92. The number of amides is 2. The molecule has 4 rings (SSSR count). The van der Waals surface area contributed by atoms with E-state index < -0.39 is 0 Å². The summed E-state index contributed by atoms with van der Waals surface area (Å²) in [7, 11) is 1.68. The molecule has 0 spiro atoms. The summed E-state index contributed by atoms with van der Waals surface area (Å²) < 4.78 is 16.7. The normalized spacial score (nSPS) is 18.2. The van der Waals surface area contributed by atoms with Gasteiger partial charge in [0.15, 0.2) is 11.5 Å². The Labute approximate surface area is 165 Å². The molecule has 148 valence electrons. The molecule has 28 heavy (non-hydrogen) atoms.